The summed E-state index contributed by atoms with van der Waals surface area (Å²) in [5.74, 6) is 0. The van der Waals surface area contributed by atoms with E-state index < -0.39 is 10.8 Å². The summed E-state index contributed by atoms with van der Waals surface area (Å²) < 4.78 is 12.7. The van der Waals surface area contributed by atoms with Gasteiger partial charge in [-0.25, -0.2) is 0 Å². The van der Waals surface area contributed by atoms with E-state index in [2.05, 4.69) is 30.3 Å². The van der Waals surface area contributed by atoms with Crippen molar-refractivity contribution in [2.75, 3.05) is 0 Å². The van der Waals surface area contributed by atoms with Crippen molar-refractivity contribution in [3.63, 3.8) is 0 Å². The molecule has 0 aliphatic rings. The molecule has 0 heterocycles. The second-order valence-electron chi connectivity index (χ2n) is 4.99. The van der Waals surface area contributed by atoms with Crippen LogP contribution in [0, 0.1) is 0 Å². The van der Waals surface area contributed by atoms with Gasteiger partial charge in [-0.2, -0.15) is 0 Å². The molecule has 0 saturated heterocycles. The topological polar surface area (TPSA) is 17.1 Å². The van der Waals surface area contributed by atoms with Gasteiger partial charge in [0.15, 0.2) is 0 Å². The van der Waals surface area contributed by atoms with Gasteiger partial charge in [0.25, 0.3) is 0 Å². The van der Waals surface area contributed by atoms with Gasteiger partial charge >= 0.3 is 0 Å². The highest BCUT2D eigenvalue weighted by molar-refractivity contribution is 7.86. The van der Waals surface area contributed by atoms with Gasteiger partial charge in [-0.05, 0) is 27.6 Å². The molecule has 0 radical (unpaired) electrons. The zero-order valence-electron chi connectivity index (χ0n) is 11.1. The molecule has 0 aromatic heterocycles. The monoisotopic (exact) mass is 268 g/mol. The van der Waals surface area contributed by atoms with Crippen LogP contribution in [0.15, 0.2) is 59.5 Å². The van der Waals surface area contributed by atoms with Crippen LogP contribution in [0.5, 0.6) is 0 Å². The SMILES string of the molecule is CC(C)S(=O)c1c2ccccc2cc2ccccc12. The maximum Gasteiger partial charge on any atom is 0.0567 e. The molecule has 1 atom stereocenters. The van der Waals surface area contributed by atoms with E-state index in [1.54, 1.807) is 0 Å². The Balaban J connectivity index is 2.50. The first kappa shape index (κ1) is 12.4. The molecule has 0 fully saturated rings. The highest BCUT2D eigenvalue weighted by Gasteiger charge is 2.15. The maximum atomic E-state index is 12.7. The average Bonchev–Trinajstić information content (AvgIpc) is 2.43. The summed E-state index contributed by atoms with van der Waals surface area (Å²) in [7, 11) is -0.984. The zero-order valence-corrected chi connectivity index (χ0v) is 11.9. The largest absolute Gasteiger partial charge is 0.254 e. The van der Waals surface area contributed by atoms with E-state index in [4.69, 9.17) is 0 Å². The fourth-order valence-electron chi connectivity index (χ4n) is 2.42. The molecule has 3 rings (SSSR count). The summed E-state index contributed by atoms with van der Waals surface area (Å²) in [4.78, 5) is 0.976. The quantitative estimate of drug-likeness (QED) is 0.625. The molecule has 0 aliphatic carbocycles. The normalized spacial score (nSPS) is 13.2. The summed E-state index contributed by atoms with van der Waals surface area (Å²) in [6, 6.07) is 18.6. The van der Waals surface area contributed by atoms with E-state index in [1.165, 1.54) is 0 Å². The molecule has 2 heteroatoms. The average molecular weight is 268 g/mol. The minimum absolute atomic E-state index is 0.120. The summed E-state index contributed by atoms with van der Waals surface area (Å²) >= 11 is 0. The van der Waals surface area contributed by atoms with Crippen LogP contribution < -0.4 is 0 Å². The Morgan fingerprint density at radius 2 is 1.32 bits per heavy atom. The van der Waals surface area contributed by atoms with Gasteiger partial charge in [-0.15, -0.1) is 0 Å². The van der Waals surface area contributed by atoms with Gasteiger partial charge in [0.2, 0.25) is 0 Å². The molecular formula is C17H16OS. The predicted molar refractivity (Wildman–Crippen MR) is 83.0 cm³/mol. The van der Waals surface area contributed by atoms with E-state index in [-0.39, 0.29) is 5.25 Å². The molecule has 0 aliphatic heterocycles. The fraction of sp³-hybridized carbons (Fsp3) is 0.176. The molecule has 0 bridgehead atoms. The molecular weight excluding hydrogens is 252 g/mol. The molecule has 3 aromatic carbocycles. The lowest BCUT2D eigenvalue weighted by atomic mass is 10.0. The van der Waals surface area contributed by atoms with Crippen LogP contribution in [0.3, 0.4) is 0 Å². The van der Waals surface area contributed by atoms with Crippen molar-refractivity contribution in [2.24, 2.45) is 0 Å². The first-order valence-corrected chi connectivity index (χ1v) is 7.71. The van der Waals surface area contributed by atoms with Crippen molar-refractivity contribution >= 4 is 32.3 Å². The molecule has 3 aromatic rings. The molecule has 0 saturated carbocycles. The second kappa shape index (κ2) is 4.78. The minimum Gasteiger partial charge on any atom is -0.254 e. The van der Waals surface area contributed by atoms with E-state index >= 15 is 0 Å². The molecule has 1 nitrogen and oxygen atoms in total. The molecule has 0 amide bonds. The van der Waals surface area contributed by atoms with E-state index in [9.17, 15) is 4.21 Å². The fourth-order valence-corrected chi connectivity index (χ4v) is 3.70. The van der Waals surface area contributed by atoms with Gasteiger partial charge in [-0.1, -0.05) is 62.4 Å². The van der Waals surface area contributed by atoms with Crippen LogP contribution in [0.1, 0.15) is 13.8 Å². The Morgan fingerprint density at radius 1 is 0.842 bits per heavy atom. The van der Waals surface area contributed by atoms with E-state index in [1.807, 2.05) is 38.1 Å². The number of hydrogen-bond acceptors (Lipinski definition) is 1. The van der Waals surface area contributed by atoms with E-state index in [0.29, 0.717) is 0 Å². The van der Waals surface area contributed by atoms with Gasteiger partial charge < -0.3 is 0 Å². The molecule has 19 heavy (non-hydrogen) atoms. The van der Waals surface area contributed by atoms with Crippen LogP contribution >= 0.6 is 0 Å². The summed E-state index contributed by atoms with van der Waals surface area (Å²) in [5, 5.41) is 4.64. The summed E-state index contributed by atoms with van der Waals surface area (Å²) in [6.45, 7) is 4.01. The van der Waals surface area contributed by atoms with Crippen molar-refractivity contribution < 1.29 is 4.21 Å². The lowest BCUT2D eigenvalue weighted by Crippen LogP contribution is -2.07. The van der Waals surface area contributed by atoms with Crippen molar-refractivity contribution in [2.45, 2.75) is 24.0 Å². The highest BCUT2D eigenvalue weighted by Crippen LogP contribution is 2.32. The van der Waals surface area contributed by atoms with Gasteiger partial charge in [-0.3, -0.25) is 4.21 Å². The standard InChI is InChI=1S/C17H16OS/c1-12(2)19(18)17-15-9-5-3-7-13(15)11-14-8-4-6-10-16(14)17/h3-12H,1-2H3. The predicted octanol–water partition coefficient (Wildman–Crippen LogP) is 4.51. The Hall–Kier alpha value is -1.67. The third kappa shape index (κ3) is 2.06. The Bertz CT molecular complexity index is 720. The molecule has 0 N–H and O–H groups in total. The van der Waals surface area contributed by atoms with Gasteiger partial charge in [0.05, 0.1) is 15.7 Å². The number of rotatable bonds is 2. The van der Waals surface area contributed by atoms with Crippen molar-refractivity contribution in [1.29, 1.82) is 0 Å². The maximum absolute atomic E-state index is 12.7. The minimum atomic E-state index is -0.984. The lowest BCUT2D eigenvalue weighted by molar-refractivity contribution is 0.678. The number of hydrogen-bond donors (Lipinski definition) is 0. The van der Waals surface area contributed by atoms with Gasteiger partial charge in [0, 0.05) is 5.25 Å². The van der Waals surface area contributed by atoms with Gasteiger partial charge in [0.1, 0.15) is 0 Å². The summed E-state index contributed by atoms with van der Waals surface area (Å²) in [5.41, 5.74) is 0. The van der Waals surface area contributed by atoms with Crippen LogP contribution in [-0.2, 0) is 10.8 Å². The second-order valence-corrected chi connectivity index (χ2v) is 6.94. The molecule has 96 valence electrons. The zero-order chi connectivity index (χ0) is 13.4. The van der Waals surface area contributed by atoms with Crippen LogP contribution in [-0.4, -0.2) is 9.46 Å². The van der Waals surface area contributed by atoms with Crippen molar-refractivity contribution in [3.8, 4) is 0 Å². The third-order valence-electron chi connectivity index (χ3n) is 3.35. The first-order valence-electron chi connectivity index (χ1n) is 6.49. The Labute approximate surface area is 115 Å². The number of fused-ring (bicyclic) bond motifs is 2. The highest BCUT2D eigenvalue weighted by atomic mass is 32.2. The van der Waals surface area contributed by atoms with E-state index in [0.717, 1.165) is 26.4 Å². The Kier molecular flexibility index (Phi) is 3.11. The first-order chi connectivity index (χ1) is 9.18. The smallest absolute Gasteiger partial charge is 0.0567 e. The lowest BCUT2D eigenvalue weighted by Gasteiger charge is -2.13. The Morgan fingerprint density at radius 3 is 1.79 bits per heavy atom. The van der Waals surface area contributed by atoms with Crippen LogP contribution in [0.25, 0.3) is 21.5 Å². The molecule has 1 unspecified atom stereocenters. The summed E-state index contributed by atoms with van der Waals surface area (Å²) in [6.07, 6.45) is 0. The van der Waals surface area contributed by atoms with Crippen LogP contribution in [0.4, 0.5) is 0 Å². The van der Waals surface area contributed by atoms with Crippen LogP contribution in [0.2, 0.25) is 0 Å². The van der Waals surface area contributed by atoms with Crippen molar-refractivity contribution in [3.05, 3.63) is 54.6 Å². The third-order valence-corrected chi connectivity index (χ3v) is 5.05. The molecule has 0 spiro atoms. The number of benzene rings is 3. The van der Waals surface area contributed by atoms with Crippen molar-refractivity contribution in [1.82, 2.24) is 0 Å².